The molecule has 0 heterocycles. The maximum absolute atomic E-state index is 11.8. The highest BCUT2D eigenvalue weighted by Crippen LogP contribution is 2.67. The maximum atomic E-state index is 11.8. The molecular formula is C30H48O3. The van der Waals surface area contributed by atoms with Crippen molar-refractivity contribution >= 4 is 5.97 Å². The van der Waals surface area contributed by atoms with Crippen LogP contribution in [0.4, 0.5) is 0 Å². The van der Waals surface area contributed by atoms with Crippen molar-refractivity contribution in [3.63, 3.8) is 0 Å². The van der Waals surface area contributed by atoms with E-state index in [1.54, 1.807) is 5.57 Å². The van der Waals surface area contributed by atoms with Crippen LogP contribution < -0.4 is 0 Å². The molecule has 4 rings (SSSR count). The fourth-order valence-corrected chi connectivity index (χ4v) is 8.42. The summed E-state index contributed by atoms with van der Waals surface area (Å²) in [5.74, 6) is 3.59. The summed E-state index contributed by atoms with van der Waals surface area (Å²) in [5, 5.41) is 11.8. The number of esters is 1. The van der Waals surface area contributed by atoms with Gasteiger partial charge in [0.2, 0.25) is 0 Å². The SMILES string of the molecule is CC(=O)OC1CCC2(C)C3CCC4(C)C(CCC4C(C)/C=C/C(C)C(C)C)C3=CCC2(O)C1. The molecule has 33 heavy (non-hydrogen) atoms. The first kappa shape index (κ1) is 25.0. The van der Waals surface area contributed by atoms with Crippen LogP contribution >= 0.6 is 0 Å². The van der Waals surface area contributed by atoms with Crippen molar-refractivity contribution in [3.8, 4) is 0 Å². The monoisotopic (exact) mass is 456 g/mol. The third-order valence-corrected chi connectivity index (χ3v) is 11.0. The smallest absolute Gasteiger partial charge is 0.302 e. The van der Waals surface area contributed by atoms with Crippen LogP contribution in [-0.4, -0.2) is 22.8 Å². The molecule has 3 fully saturated rings. The third kappa shape index (κ3) is 4.15. The predicted octanol–water partition coefficient (Wildman–Crippen LogP) is 7.10. The van der Waals surface area contributed by atoms with Gasteiger partial charge in [-0.1, -0.05) is 65.3 Å². The number of hydrogen-bond donors (Lipinski definition) is 1. The van der Waals surface area contributed by atoms with Gasteiger partial charge in [-0.15, -0.1) is 0 Å². The molecule has 3 nitrogen and oxygen atoms in total. The summed E-state index contributed by atoms with van der Waals surface area (Å²) in [6.45, 7) is 15.8. The molecular weight excluding hydrogens is 408 g/mol. The van der Waals surface area contributed by atoms with Crippen molar-refractivity contribution in [2.24, 2.45) is 46.3 Å². The molecule has 186 valence electrons. The van der Waals surface area contributed by atoms with Gasteiger partial charge >= 0.3 is 5.97 Å². The Kier molecular flexibility index (Phi) is 6.71. The van der Waals surface area contributed by atoms with Crippen LogP contribution in [0.25, 0.3) is 0 Å². The lowest BCUT2D eigenvalue weighted by Crippen LogP contribution is -2.60. The molecule has 0 aromatic carbocycles. The van der Waals surface area contributed by atoms with Gasteiger partial charge in [-0.25, -0.2) is 0 Å². The molecule has 0 amide bonds. The van der Waals surface area contributed by atoms with E-state index in [1.807, 2.05) is 0 Å². The summed E-state index contributed by atoms with van der Waals surface area (Å²) >= 11 is 0. The zero-order valence-corrected chi connectivity index (χ0v) is 22.2. The Morgan fingerprint density at radius 2 is 1.79 bits per heavy atom. The molecule has 0 aromatic rings. The van der Waals surface area contributed by atoms with Crippen molar-refractivity contribution in [1.82, 2.24) is 0 Å². The summed E-state index contributed by atoms with van der Waals surface area (Å²) < 4.78 is 5.54. The van der Waals surface area contributed by atoms with E-state index in [4.69, 9.17) is 4.74 Å². The van der Waals surface area contributed by atoms with Crippen LogP contribution in [0.1, 0.15) is 99.8 Å². The lowest BCUT2D eigenvalue weighted by molar-refractivity contribution is -0.183. The van der Waals surface area contributed by atoms with Crippen molar-refractivity contribution in [1.29, 1.82) is 0 Å². The van der Waals surface area contributed by atoms with Crippen LogP contribution in [0.2, 0.25) is 0 Å². The molecule has 9 unspecified atom stereocenters. The van der Waals surface area contributed by atoms with E-state index in [0.29, 0.717) is 47.8 Å². The molecule has 0 aromatic heterocycles. The first-order valence-corrected chi connectivity index (χ1v) is 13.7. The second-order valence-electron chi connectivity index (χ2n) is 13.0. The summed E-state index contributed by atoms with van der Waals surface area (Å²) in [6.07, 6.45) is 15.5. The Balaban J connectivity index is 1.55. The summed E-state index contributed by atoms with van der Waals surface area (Å²) in [5.41, 5.74) is 1.17. The average Bonchev–Trinajstić information content (AvgIpc) is 3.09. The number of ether oxygens (including phenoxy) is 1. The maximum Gasteiger partial charge on any atom is 0.302 e. The van der Waals surface area contributed by atoms with Crippen molar-refractivity contribution < 1.29 is 14.6 Å². The van der Waals surface area contributed by atoms with Gasteiger partial charge in [0.25, 0.3) is 0 Å². The van der Waals surface area contributed by atoms with E-state index in [9.17, 15) is 9.90 Å². The first-order chi connectivity index (χ1) is 15.4. The normalized spacial score (nSPS) is 44.6. The quantitative estimate of drug-likeness (QED) is 0.354. The van der Waals surface area contributed by atoms with Crippen molar-refractivity contribution in [2.45, 2.75) is 112 Å². The van der Waals surface area contributed by atoms with Crippen LogP contribution in [0.15, 0.2) is 23.8 Å². The van der Waals surface area contributed by atoms with E-state index in [-0.39, 0.29) is 17.5 Å². The number of carbonyl (C=O) groups excluding carboxylic acids is 1. The second-order valence-corrected chi connectivity index (χ2v) is 13.0. The molecule has 4 aliphatic carbocycles. The molecule has 3 heteroatoms. The van der Waals surface area contributed by atoms with E-state index in [2.05, 4.69) is 59.8 Å². The van der Waals surface area contributed by atoms with Crippen molar-refractivity contribution in [3.05, 3.63) is 23.8 Å². The molecule has 0 spiro atoms. The number of fused-ring (bicyclic) bond motifs is 5. The number of carbonyl (C=O) groups is 1. The minimum atomic E-state index is -0.756. The highest BCUT2D eigenvalue weighted by Gasteiger charge is 2.62. The minimum absolute atomic E-state index is 0.106. The summed E-state index contributed by atoms with van der Waals surface area (Å²) in [6, 6.07) is 0. The molecule has 0 saturated heterocycles. The van der Waals surface area contributed by atoms with Gasteiger partial charge in [0.05, 0.1) is 5.60 Å². The van der Waals surface area contributed by atoms with Gasteiger partial charge in [-0.3, -0.25) is 4.79 Å². The van der Waals surface area contributed by atoms with Gasteiger partial charge in [0.15, 0.2) is 0 Å². The van der Waals surface area contributed by atoms with Gasteiger partial charge < -0.3 is 9.84 Å². The molecule has 0 radical (unpaired) electrons. The highest BCUT2D eigenvalue weighted by molar-refractivity contribution is 5.66. The molecule has 3 saturated carbocycles. The van der Waals surface area contributed by atoms with Crippen LogP contribution in [0.5, 0.6) is 0 Å². The zero-order chi connectivity index (χ0) is 24.2. The standard InChI is InChI=1S/C30H48O3/c1-19(2)20(3)8-9-21(4)25-10-11-26-24-13-17-30(32)18-23(33-22(5)31)12-16-29(30,7)27(24)14-15-28(25,26)6/h8-9,13,19-21,23,25-27,32H,10-12,14-18H2,1-7H3/b9-8+. The first-order valence-electron chi connectivity index (χ1n) is 13.7. The molecule has 0 bridgehead atoms. The topological polar surface area (TPSA) is 46.5 Å². The number of rotatable bonds is 5. The molecule has 0 aliphatic heterocycles. The predicted molar refractivity (Wildman–Crippen MR) is 135 cm³/mol. The van der Waals surface area contributed by atoms with Crippen LogP contribution in [0, 0.1) is 46.3 Å². The van der Waals surface area contributed by atoms with Crippen LogP contribution in [0.3, 0.4) is 0 Å². The van der Waals surface area contributed by atoms with E-state index >= 15 is 0 Å². The zero-order valence-electron chi connectivity index (χ0n) is 22.2. The minimum Gasteiger partial charge on any atom is -0.462 e. The Morgan fingerprint density at radius 1 is 1.06 bits per heavy atom. The van der Waals surface area contributed by atoms with Crippen LogP contribution in [-0.2, 0) is 9.53 Å². The summed E-state index contributed by atoms with van der Waals surface area (Å²) in [7, 11) is 0. The Morgan fingerprint density at radius 3 is 2.45 bits per heavy atom. The van der Waals surface area contributed by atoms with Gasteiger partial charge in [-0.05, 0) is 85.9 Å². The summed E-state index contributed by atoms with van der Waals surface area (Å²) in [4.78, 5) is 11.5. The fourth-order valence-electron chi connectivity index (χ4n) is 8.42. The van der Waals surface area contributed by atoms with E-state index in [0.717, 1.165) is 18.8 Å². The van der Waals surface area contributed by atoms with Crippen molar-refractivity contribution in [2.75, 3.05) is 0 Å². The number of allylic oxidation sites excluding steroid dienone is 3. The molecule has 4 aliphatic rings. The lowest BCUT2D eigenvalue weighted by atomic mass is 9.46. The molecule has 1 N–H and O–H groups in total. The van der Waals surface area contributed by atoms with E-state index < -0.39 is 5.60 Å². The van der Waals surface area contributed by atoms with Gasteiger partial charge in [0, 0.05) is 18.8 Å². The molecule has 9 atom stereocenters. The second kappa shape index (κ2) is 8.85. The van der Waals surface area contributed by atoms with Gasteiger partial charge in [0.1, 0.15) is 6.10 Å². The average molecular weight is 457 g/mol. The lowest BCUT2D eigenvalue weighted by Gasteiger charge is -2.61. The highest BCUT2D eigenvalue weighted by atomic mass is 16.5. The Hall–Kier alpha value is -1.09. The Bertz CT molecular complexity index is 811. The number of aliphatic hydroxyl groups is 1. The van der Waals surface area contributed by atoms with Gasteiger partial charge in [-0.2, -0.15) is 0 Å². The third-order valence-electron chi connectivity index (χ3n) is 11.0. The van der Waals surface area contributed by atoms with E-state index in [1.165, 1.54) is 32.6 Å². The fraction of sp³-hybridized carbons (Fsp3) is 0.833. The Labute approximate surface area is 202 Å². The largest absolute Gasteiger partial charge is 0.462 e. The number of hydrogen-bond acceptors (Lipinski definition) is 3.